The van der Waals surface area contributed by atoms with Crippen LogP contribution < -0.4 is 5.73 Å². The van der Waals surface area contributed by atoms with Gasteiger partial charge in [0.15, 0.2) is 5.78 Å². The first-order valence-corrected chi connectivity index (χ1v) is 5.14. The van der Waals surface area contributed by atoms with Gasteiger partial charge in [0.25, 0.3) is 0 Å². The lowest BCUT2D eigenvalue weighted by molar-refractivity contribution is 0.0905. The third-order valence-electron chi connectivity index (χ3n) is 1.98. The van der Waals surface area contributed by atoms with Crippen molar-refractivity contribution >= 4 is 17.1 Å². The minimum Gasteiger partial charge on any atom is -0.321 e. The SMILES string of the molecule is CC(C)(C)C(N)C(=O)c1cccs1. The molecule has 1 rings (SSSR count). The highest BCUT2D eigenvalue weighted by atomic mass is 32.1. The van der Waals surface area contributed by atoms with E-state index in [9.17, 15) is 4.79 Å². The van der Waals surface area contributed by atoms with E-state index in [1.165, 1.54) is 11.3 Å². The van der Waals surface area contributed by atoms with E-state index in [4.69, 9.17) is 5.73 Å². The highest BCUT2D eigenvalue weighted by molar-refractivity contribution is 7.12. The van der Waals surface area contributed by atoms with Crippen LogP contribution in [0.4, 0.5) is 0 Å². The standard InChI is InChI=1S/C10H15NOS/c1-10(2,3)9(11)8(12)7-5-4-6-13-7/h4-6,9H,11H2,1-3H3. The van der Waals surface area contributed by atoms with Crippen molar-refractivity contribution in [1.82, 2.24) is 0 Å². The van der Waals surface area contributed by atoms with Gasteiger partial charge in [-0.25, -0.2) is 0 Å². The lowest BCUT2D eigenvalue weighted by atomic mass is 9.84. The van der Waals surface area contributed by atoms with Gasteiger partial charge in [0.05, 0.1) is 10.9 Å². The number of hydrogen-bond acceptors (Lipinski definition) is 3. The Bertz CT molecular complexity index is 284. The molecule has 0 bridgehead atoms. The molecule has 1 unspecified atom stereocenters. The summed E-state index contributed by atoms with van der Waals surface area (Å²) < 4.78 is 0. The lowest BCUT2D eigenvalue weighted by Crippen LogP contribution is -2.41. The molecule has 0 aliphatic rings. The fourth-order valence-corrected chi connectivity index (χ4v) is 1.67. The normalized spacial score (nSPS) is 14.2. The van der Waals surface area contributed by atoms with Crippen molar-refractivity contribution in [2.75, 3.05) is 0 Å². The Morgan fingerprint density at radius 1 is 1.54 bits per heavy atom. The van der Waals surface area contributed by atoms with E-state index < -0.39 is 6.04 Å². The molecule has 0 aromatic carbocycles. The average molecular weight is 197 g/mol. The van der Waals surface area contributed by atoms with Crippen LogP contribution in [-0.2, 0) is 0 Å². The first-order valence-electron chi connectivity index (χ1n) is 4.26. The van der Waals surface area contributed by atoms with Crippen LogP contribution in [0.15, 0.2) is 17.5 Å². The van der Waals surface area contributed by atoms with Crippen LogP contribution in [0.5, 0.6) is 0 Å². The molecule has 0 amide bonds. The van der Waals surface area contributed by atoms with Gasteiger partial charge >= 0.3 is 0 Å². The van der Waals surface area contributed by atoms with Crippen molar-refractivity contribution in [2.45, 2.75) is 26.8 Å². The monoisotopic (exact) mass is 197 g/mol. The molecular weight excluding hydrogens is 182 g/mol. The molecule has 72 valence electrons. The Hall–Kier alpha value is -0.670. The van der Waals surface area contributed by atoms with Crippen LogP contribution in [0.1, 0.15) is 30.4 Å². The van der Waals surface area contributed by atoms with Gasteiger partial charge in [0, 0.05) is 0 Å². The first kappa shape index (κ1) is 10.4. The summed E-state index contributed by atoms with van der Waals surface area (Å²) in [5.74, 6) is 0.0440. The number of carbonyl (C=O) groups excluding carboxylic acids is 1. The number of Topliss-reactive ketones (excluding diaryl/α,β-unsaturated/α-hetero) is 1. The molecule has 1 heterocycles. The summed E-state index contributed by atoms with van der Waals surface area (Å²) >= 11 is 1.45. The van der Waals surface area contributed by atoms with Gasteiger partial charge in [0.1, 0.15) is 0 Å². The Morgan fingerprint density at radius 3 is 2.54 bits per heavy atom. The second-order valence-corrected chi connectivity index (χ2v) is 5.13. The summed E-state index contributed by atoms with van der Waals surface area (Å²) in [4.78, 5) is 12.5. The molecule has 0 radical (unpaired) electrons. The van der Waals surface area contributed by atoms with Gasteiger partial charge in [-0.1, -0.05) is 26.8 Å². The summed E-state index contributed by atoms with van der Waals surface area (Å²) in [7, 11) is 0. The predicted molar refractivity (Wildman–Crippen MR) is 56.1 cm³/mol. The fourth-order valence-electron chi connectivity index (χ4n) is 0.965. The number of hydrogen-bond donors (Lipinski definition) is 1. The van der Waals surface area contributed by atoms with E-state index in [0.717, 1.165) is 4.88 Å². The zero-order valence-corrected chi connectivity index (χ0v) is 9.02. The molecule has 0 saturated carbocycles. The molecule has 0 fully saturated rings. The van der Waals surface area contributed by atoms with Crippen molar-refractivity contribution in [2.24, 2.45) is 11.1 Å². The highest BCUT2D eigenvalue weighted by Gasteiger charge is 2.28. The molecule has 0 aliphatic carbocycles. The Labute approximate surface area is 82.8 Å². The number of nitrogens with two attached hydrogens (primary N) is 1. The van der Waals surface area contributed by atoms with Crippen LogP contribution in [-0.4, -0.2) is 11.8 Å². The lowest BCUT2D eigenvalue weighted by Gasteiger charge is -2.25. The van der Waals surface area contributed by atoms with Gasteiger partial charge in [-0.3, -0.25) is 4.79 Å². The number of thiophene rings is 1. The Kier molecular flexibility index (Phi) is 2.88. The number of ketones is 1. The van der Waals surface area contributed by atoms with Crippen LogP contribution >= 0.6 is 11.3 Å². The Morgan fingerprint density at radius 2 is 2.15 bits per heavy atom. The smallest absolute Gasteiger partial charge is 0.189 e. The molecule has 0 saturated heterocycles. The van der Waals surface area contributed by atoms with Crippen LogP contribution in [0.25, 0.3) is 0 Å². The highest BCUT2D eigenvalue weighted by Crippen LogP contribution is 2.22. The molecule has 3 heteroatoms. The summed E-state index contributed by atoms with van der Waals surface area (Å²) in [5, 5.41) is 1.89. The van der Waals surface area contributed by atoms with Crippen LogP contribution in [0, 0.1) is 5.41 Å². The largest absolute Gasteiger partial charge is 0.321 e. The molecule has 13 heavy (non-hydrogen) atoms. The maximum absolute atomic E-state index is 11.7. The summed E-state index contributed by atoms with van der Waals surface area (Å²) in [6, 6.07) is 3.28. The number of carbonyl (C=O) groups is 1. The van der Waals surface area contributed by atoms with Crippen molar-refractivity contribution in [3.63, 3.8) is 0 Å². The molecule has 1 aromatic heterocycles. The minimum absolute atomic E-state index is 0.0440. The molecule has 2 nitrogen and oxygen atoms in total. The van der Waals surface area contributed by atoms with Crippen molar-refractivity contribution in [3.05, 3.63) is 22.4 Å². The molecule has 0 aliphatic heterocycles. The van der Waals surface area contributed by atoms with Gasteiger partial charge in [-0.2, -0.15) is 0 Å². The summed E-state index contributed by atoms with van der Waals surface area (Å²) in [6.45, 7) is 5.93. The minimum atomic E-state index is -0.411. The summed E-state index contributed by atoms with van der Waals surface area (Å²) in [6.07, 6.45) is 0. The second kappa shape index (κ2) is 3.60. The van der Waals surface area contributed by atoms with E-state index >= 15 is 0 Å². The summed E-state index contributed by atoms with van der Waals surface area (Å²) in [5.41, 5.74) is 5.68. The van der Waals surface area contributed by atoms with E-state index in [0.29, 0.717) is 0 Å². The fraction of sp³-hybridized carbons (Fsp3) is 0.500. The topological polar surface area (TPSA) is 43.1 Å². The predicted octanol–water partition coefficient (Wildman–Crippen LogP) is 2.30. The maximum Gasteiger partial charge on any atom is 0.189 e. The zero-order valence-electron chi connectivity index (χ0n) is 8.20. The van der Waals surface area contributed by atoms with Crippen molar-refractivity contribution in [3.8, 4) is 0 Å². The van der Waals surface area contributed by atoms with E-state index in [1.807, 2.05) is 38.3 Å². The molecule has 1 atom stereocenters. The molecule has 0 spiro atoms. The van der Waals surface area contributed by atoms with Crippen LogP contribution in [0.2, 0.25) is 0 Å². The molecule has 2 N–H and O–H groups in total. The van der Waals surface area contributed by atoms with Gasteiger partial charge in [-0.05, 0) is 16.9 Å². The molecular formula is C10H15NOS. The first-order chi connectivity index (χ1) is 5.93. The zero-order chi connectivity index (χ0) is 10.1. The third-order valence-corrected chi connectivity index (χ3v) is 2.86. The average Bonchev–Trinajstić information content (AvgIpc) is 2.51. The van der Waals surface area contributed by atoms with E-state index in [2.05, 4.69) is 0 Å². The van der Waals surface area contributed by atoms with Crippen molar-refractivity contribution in [1.29, 1.82) is 0 Å². The maximum atomic E-state index is 11.7. The third kappa shape index (κ3) is 2.39. The second-order valence-electron chi connectivity index (χ2n) is 4.19. The Balaban J connectivity index is 2.81. The van der Waals surface area contributed by atoms with Gasteiger partial charge in [0.2, 0.25) is 0 Å². The number of rotatable bonds is 2. The molecule has 1 aromatic rings. The van der Waals surface area contributed by atoms with Gasteiger partial charge < -0.3 is 5.73 Å². The van der Waals surface area contributed by atoms with Crippen LogP contribution in [0.3, 0.4) is 0 Å². The van der Waals surface area contributed by atoms with E-state index in [-0.39, 0.29) is 11.2 Å². The quantitative estimate of drug-likeness (QED) is 0.739. The van der Waals surface area contributed by atoms with E-state index in [1.54, 1.807) is 0 Å². The van der Waals surface area contributed by atoms with Crippen molar-refractivity contribution < 1.29 is 4.79 Å². The van der Waals surface area contributed by atoms with Gasteiger partial charge in [-0.15, -0.1) is 11.3 Å².